The average Bonchev–Trinajstić information content (AvgIpc) is 3.21. The summed E-state index contributed by atoms with van der Waals surface area (Å²) in [6.07, 6.45) is 2.50. The molecule has 2 aromatic carbocycles. The predicted molar refractivity (Wildman–Crippen MR) is 112 cm³/mol. The largest absolute Gasteiger partial charge is 0.388 e. The quantitative estimate of drug-likeness (QED) is 0.850. The van der Waals surface area contributed by atoms with Gasteiger partial charge in [0.25, 0.3) is 0 Å². The molecule has 2 aromatic rings. The fourth-order valence-corrected chi connectivity index (χ4v) is 5.02. The van der Waals surface area contributed by atoms with Crippen LogP contribution in [0.5, 0.6) is 0 Å². The Morgan fingerprint density at radius 1 is 1.00 bits per heavy atom. The molecule has 1 atom stereocenters. The molecule has 0 bridgehead atoms. The molecule has 27 heavy (non-hydrogen) atoms. The van der Waals surface area contributed by atoms with Crippen molar-refractivity contribution in [2.45, 2.75) is 25.4 Å². The fourth-order valence-electron chi connectivity index (χ4n) is 5.02. The summed E-state index contributed by atoms with van der Waals surface area (Å²) in [5, 5.41) is 15.4. The Morgan fingerprint density at radius 3 is 2.26 bits per heavy atom. The third-order valence-electron chi connectivity index (χ3n) is 6.44. The monoisotopic (exact) mass is 365 g/mol. The smallest absolute Gasteiger partial charge is 0.122 e. The molecule has 144 valence electrons. The maximum absolute atomic E-state index is 12.2. The van der Waals surface area contributed by atoms with Crippen molar-refractivity contribution in [3.63, 3.8) is 0 Å². The van der Waals surface area contributed by atoms with Crippen molar-refractivity contribution in [3.8, 4) is 0 Å². The zero-order valence-corrected chi connectivity index (χ0v) is 16.7. The summed E-state index contributed by atoms with van der Waals surface area (Å²) in [6, 6.07) is 16.8. The Morgan fingerprint density at radius 2 is 1.67 bits per heavy atom. The van der Waals surface area contributed by atoms with Crippen LogP contribution in [0, 0.1) is 5.41 Å². The van der Waals surface area contributed by atoms with Gasteiger partial charge in [0.2, 0.25) is 0 Å². The Bertz CT molecular complexity index is 792. The summed E-state index contributed by atoms with van der Waals surface area (Å²) in [5.74, 6) is 0. The minimum Gasteiger partial charge on any atom is -0.388 e. The van der Waals surface area contributed by atoms with Gasteiger partial charge in [0.05, 0.1) is 0 Å². The Kier molecular flexibility index (Phi) is 4.65. The van der Waals surface area contributed by atoms with E-state index < -0.39 is 5.60 Å². The number of nitrogens with one attached hydrogen (secondary N) is 1. The SMILES string of the molecule is CNc1ccc([C@](O)(c2cccc(N3CCCC3)c2)C2(C)CN(C)C2)cc1. The van der Waals surface area contributed by atoms with Crippen LogP contribution >= 0.6 is 0 Å². The van der Waals surface area contributed by atoms with Crippen molar-refractivity contribution < 1.29 is 5.11 Å². The first-order valence-electron chi connectivity index (χ1n) is 10.0. The van der Waals surface area contributed by atoms with Crippen molar-refractivity contribution in [3.05, 3.63) is 59.7 Å². The summed E-state index contributed by atoms with van der Waals surface area (Å²) in [7, 11) is 4.04. The number of nitrogens with zero attached hydrogens (tertiary/aromatic N) is 2. The molecule has 0 amide bonds. The summed E-state index contributed by atoms with van der Waals surface area (Å²) >= 11 is 0. The van der Waals surface area contributed by atoms with Crippen LogP contribution in [-0.4, -0.2) is 50.3 Å². The normalized spacial score (nSPS) is 21.6. The lowest BCUT2D eigenvalue weighted by molar-refractivity contribution is -0.127. The Hall–Kier alpha value is -2.04. The lowest BCUT2D eigenvalue weighted by atomic mass is 9.62. The number of benzene rings is 2. The molecule has 4 heteroatoms. The third kappa shape index (κ3) is 3.01. The van der Waals surface area contributed by atoms with Crippen molar-refractivity contribution >= 4 is 11.4 Å². The molecule has 0 unspecified atom stereocenters. The highest BCUT2D eigenvalue weighted by Crippen LogP contribution is 2.50. The molecule has 0 aromatic heterocycles. The molecule has 0 spiro atoms. The average molecular weight is 366 g/mol. The number of likely N-dealkylation sites (tertiary alicyclic amines) is 1. The maximum Gasteiger partial charge on any atom is 0.122 e. The molecule has 2 aliphatic heterocycles. The van der Waals surface area contributed by atoms with Gasteiger partial charge >= 0.3 is 0 Å². The molecule has 2 aliphatic rings. The highest BCUT2D eigenvalue weighted by molar-refractivity contribution is 5.54. The van der Waals surface area contributed by atoms with Crippen LogP contribution in [0.1, 0.15) is 30.9 Å². The maximum atomic E-state index is 12.2. The molecule has 2 saturated heterocycles. The topological polar surface area (TPSA) is 38.7 Å². The van der Waals surface area contributed by atoms with Gasteiger partial charge in [-0.2, -0.15) is 0 Å². The van der Waals surface area contributed by atoms with Crippen molar-refractivity contribution in [2.24, 2.45) is 5.41 Å². The highest BCUT2D eigenvalue weighted by atomic mass is 16.3. The van der Waals surface area contributed by atoms with Crippen LogP contribution in [0.2, 0.25) is 0 Å². The lowest BCUT2D eigenvalue weighted by Crippen LogP contribution is -2.63. The zero-order chi connectivity index (χ0) is 19.1. The van der Waals surface area contributed by atoms with Gasteiger partial charge < -0.3 is 20.2 Å². The molecule has 4 rings (SSSR count). The molecule has 2 fully saturated rings. The standard InChI is InChI=1S/C23H31N3O/c1-22(16-25(3)17-22)23(27,18-9-11-20(24-2)12-10-18)19-7-6-8-21(15-19)26-13-4-5-14-26/h6-12,15,24,27H,4-5,13-14,16-17H2,1-3H3/t23-/m0/s1. The van der Waals surface area contributed by atoms with Gasteiger partial charge in [0.1, 0.15) is 5.60 Å². The van der Waals surface area contributed by atoms with Crippen molar-refractivity contribution in [1.29, 1.82) is 0 Å². The minimum absolute atomic E-state index is 0.216. The molecular formula is C23H31N3O. The Balaban J connectivity index is 1.79. The van der Waals surface area contributed by atoms with E-state index in [1.54, 1.807) is 0 Å². The molecule has 2 heterocycles. The summed E-state index contributed by atoms with van der Waals surface area (Å²) in [4.78, 5) is 4.71. The molecule has 0 radical (unpaired) electrons. The highest BCUT2D eigenvalue weighted by Gasteiger charge is 2.55. The van der Waals surface area contributed by atoms with Gasteiger partial charge in [0.15, 0.2) is 0 Å². The molecule has 0 saturated carbocycles. The first kappa shape index (κ1) is 18.3. The van der Waals surface area contributed by atoms with Gasteiger partial charge in [-0.25, -0.2) is 0 Å². The zero-order valence-electron chi connectivity index (χ0n) is 16.7. The first-order chi connectivity index (χ1) is 13.0. The second kappa shape index (κ2) is 6.84. The first-order valence-corrected chi connectivity index (χ1v) is 10.0. The molecule has 2 N–H and O–H groups in total. The van der Waals surface area contributed by atoms with E-state index in [1.165, 1.54) is 18.5 Å². The molecular weight excluding hydrogens is 334 g/mol. The van der Waals surface area contributed by atoms with E-state index in [0.717, 1.165) is 43.0 Å². The second-order valence-corrected chi connectivity index (χ2v) is 8.52. The van der Waals surface area contributed by atoms with Crippen LogP contribution in [0.3, 0.4) is 0 Å². The van der Waals surface area contributed by atoms with Gasteiger partial charge in [-0.3, -0.25) is 0 Å². The number of rotatable bonds is 5. The Labute approximate surface area is 162 Å². The second-order valence-electron chi connectivity index (χ2n) is 8.52. The number of hydrogen-bond acceptors (Lipinski definition) is 4. The van der Waals surface area contributed by atoms with E-state index in [9.17, 15) is 5.11 Å². The van der Waals surface area contributed by atoms with Crippen LogP contribution in [0.15, 0.2) is 48.5 Å². The number of aliphatic hydroxyl groups is 1. The van der Waals surface area contributed by atoms with Gasteiger partial charge in [-0.15, -0.1) is 0 Å². The van der Waals surface area contributed by atoms with Crippen LogP contribution < -0.4 is 10.2 Å². The fraction of sp³-hybridized carbons (Fsp3) is 0.478. The third-order valence-corrected chi connectivity index (χ3v) is 6.44. The van der Waals surface area contributed by atoms with Gasteiger partial charge in [-0.1, -0.05) is 31.2 Å². The van der Waals surface area contributed by atoms with Crippen LogP contribution in [0.4, 0.5) is 11.4 Å². The predicted octanol–water partition coefficient (Wildman–Crippen LogP) is 3.52. The van der Waals surface area contributed by atoms with Crippen molar-refractivity contribution in [2.75, 3.05) is 50.5 Å². The molecule has 4 nitrogen and oxygen atoms in total. The summed E-state index contributed by atoms with van der Waals surface area (Å²) in [6.45, 7) is 6.19. The van der Waals surface area contributed by atoms with Crippen LogP contribution in [0.25, 0.3) is 0 Å². The van der Waals surface area contributed by atoms with E-state index >= 15 is 0 Å². The van der Waals surface area contributed by atoms with E-state index in [4.69, 9.17) is 0 Å². The van der Waals surface area contributed by atoms with Crippen LogP contribution in [-0.2, 0) is 5.60 Å². The molecule has 0 aliphatic carbocycles. The summed E-state index contributed by atoms with van der Waals surface area (Å²) in [5.41, 5.74) is 3.03. The van der Waals surface area contributed by atoms with E-state index in [0.29, 0.717) is 0 Å². The van der Waals surface area contributed by atoms with Gasteiger partial charge in [0, 0.05) is 50.0 Å². The minimum atomic E-state index is -1.01. The lowest BCUT2D eigenvalue weighted by Gasteiger charge is -2.56. The van der Waals surface area contributed by atoms with E-state index in [-0.39, 0.29) is 5.41 Å². The van der Waals surface area contributed by atoms with Gasteiger partial charge in [-0.05, 0) is 55.3 Å². The van der Waals surface area contributed by atoms with E-state index in [1.807, 2.05) is 7.05 Å². The van der Waals surface area contributed by atoms with Crippen molar-refractivity contribution in [1.82, 2.24) is 4.90 Å². The van der Waals surface area contributed by atoms with E-state index in [2.05, 4.69) is 77.6 Å². The number of hydrogen-bond donors (Lipinski definition) is 2. The summed E-state index contributed by atoms with van der Waals surface area (Å²) < 4.78 is 0. The number of anilines is 2.